The van der Waals surface area contributed by atoms with Gasteiger partial charge in [-0.15, -0.1) is 0 Å². The molecule has 2 aliphatic rings. The molecule has 0 aromatic heterocycles. The molecule has 0 saturated heterocycles. The van der Waals surface area contributed by atoms with E-state index in [0.29, 0.717) is 12.3 Å². The van der Waals surface area contributed by atoms with Crippen molar-refractivity contribution in [2.75, 3.05) is 0 Å². The van der Waals surface area contributed by atoms with E-state index in [0.717, 1.165) is 18.3 Å². The summed E-state index contributed by atoms with van der Waals surface area (Å²) in [6.45, 7) is 0. The van der Waals surface area contributed by atoms with Crippen molar-refractivity contribution in [1.29, 1.82) is 0 Å². The van der Waals surface area contributed by atoms with Crippen LogP contribution in [-0.2, 0) is 11.2 Å². The Morgan fingerprint density at radius 2 is 2.10 bits per heavy atom. The number of amides is 1. The van der Waals surface area contributed by atoms with Crippen LogP contribution < -0.4 is 5.43 Å². The number of hydrogen-bond donors (Lipinski definition) is 1. The molecule has 1 aromatic rings. The van der Waals surface area contributed by atoms with E-state index in [1.54, 1.807) is 0 Å². The molecule has 1 N–H and O–H groups in total. The molecule has 0 radical (unpaired) electrons. The van der Waals surface area contributed by atoms with Crippen molar-refractivity contribution in [3.05, 3.63) is 35.9 Å². The van der Waals surface area contributed by atoms with Crippen LogP contribution in [0.1, 0.15) is 37.7 Å². The monoisotopic (exact) mass is 270 g/mol. The fourth-order valence-corrected chi connectivity index (χ4v) is 3.64. The summed E-state index contributed by atoms with van der Waals surface area (Å²) < 4.78 is 0. The molecule has 2 fully saturated rings. The van der Waals surface area contributed by atoms with Crippen LogP contribution in [0.5, 0.6) is 0 Å². The van der Waals surface area contributed by atoms with Crippen LogP contribution in [0.3, 0.4) is 0 Å². The minimum Gasteiger partial charge on any atom is -0.273 e. The summed E-state index contributed by atoms with van der Waals surface area (Å²) in [5, 5.41) is 4.16. The van der Waals surface area contributed by atoms with Gasteiger partial charge in [-0.25, -0.2) is 5.43 Å². The van der Waals surface area contributed by atoms with Gasteiger partial charge in [0.15, 0.2) is 0 Å². The van der Waals surface area contributed by atoms with Gasteiger partial charge in [0.1, 0.15) is 0 Å². The smallest absolute Gasteiger partial charge is 0.240 e. The van der Waals surface area contributed by atoms with Crippen LogP contribution in [0.15, 0.2) is 35.4 Å². The van der Waals surface area contributed by atoms with Crippen LogP contribution in [0.25, 0.3) is 0 Å². The molecule has 3 rings (SSSR count). The Hall–Kier alpha value is -1.64. The van der Waals surface area contributed by atoms with Crippen molar-refractivity contribution in [2.24, 2.45) is 22.9 Å². The van der Waals surface area contributed by atoms with Crippen molar-refractivity contribution >= 4 is 12.1 Å². The number of hydrogen-bond acceptors (Lipinski definition) is 2. The van der Waals surface area contributed by atoms with E-state index < -0.39 is 0 Å². The predicted octanol–water partition coefficient (Wildman–Crippen LogP) is 3.16. The summed E-state index contributed by atoms with van der Waals surface area (Å²) in [7, 11) is 0. The third kappa shape index (κ3) is 3.27. The Labute approximate surface area is 120 Å². The molecule has 0 aliphatic heterocycles. The first-order valence-corrected chi connectivity index (χ1v) is 7.67. The Morgan fingerprint density at radius 1 is 1.25 bits per heavy atom. The van der Waals surface area contributed by atoms with Crippen LogP contribution in [-0.4, -0.2) is 12.1 Å². The quantitative estimate of drug-likeness (QED) is 0.648. The summed E-state index contributed by atoms with van der Waals surface area (Å²) in [6, 6.07) is 10.1. The lowest BCUT2D eigenvalue weighted by Gasteiger charge is -2.16. The Bertz CT molecular complexity index is 483. The molecule has 1 amide bonds. The van der Waals surface area contributed by atoms with Gasteiger partial charge >= 0.3 is 0 Å². The van der Waals surface area contributed by atoms with Crippen molar-refractivity contribution in [2.45, 2.75) is 38.5 Å². The van der Waals surface area contributed by atoms with E-state index >= 15 is 0 Å². The lowest BCUT2D eigenvalue weighted by Crippen LogP contribution is -2.20. The maximum Gasteiger partial charge on any atom is 0.240 e. The van der Waals surface area contributed by atoms with Gasteiger partial charge in [-0.05, 0) is 49.0 Å². The zero-order valence-corrected chi connectivity index (χ0v) is 11.8. The first-order chi connectivity index (χ1) is 9.81. The fourth-order valence-electron chi connectivity index (χ4n) is 3.64. The average molecular weight is 270 g/mol. The molecule has 0 heterocycles. The normalized spacial score (nSPS) is 28.1. The summed E-state index contributed by atoms with van der Waals surface area (Å²) in [4.78, 5) is 11.7. The van der Waals surface area contributed by atoms with Crippen LogP contribution >= 0.6 is 0 Å². The van der Waals surface area contributed by atoms with Crippen molar-refractivity contribution in [1.82, 2.24) is 5.43 Å². The van der Waals surface area contributed by atoms with Crippen LogP contribution in [0.4, 0.5) is 0 Å². The lowest BCUT2D eigenvalue weighted by molar-refractivity contribution is -0.121. The summed E-state index contributed by atoms with van der Waals surface area (Å²) in [5.41, 5.74) is 3.86. The Morgan fingerprint density at radius 3 is 2.80 bits per heavy atom. The van der Waals surface area contributed by atoms with Gasteiger partial charge in [0.25, 0.3) is 0 Å². The predicted molar refractivity (Wildman–Crippen MR) is 80.3 cm³/mol. The maximum absolute atomic E-state index is 11.7. The van der Waals surface area contributed by atoms with Crippen molar-refractivity contribution in [3.8, 4) is 0 Å². The van der Waals surface area contributed by atoms with Gasteiger partial charge in [-0.1, -0.05) is 36.8 Å². The third-order valence-electron chi connectivity index (χ3n) is 4.73. The molecule has 1 aromatic carbocycles. The van der Waals surface area contributed by atoms with E-state index in [9.17, 15) is 4.79 Å². The number of nitrogens with one attached hydrogen (secondary N) is 1. The molecule has 0 spiro atoms. The highest BCUT2D eigenvalue weighted by Crippen LogP contribution is 2.47. The first-order valence-electron chi connectivity index (χ1n) is 7.67. The third-order valence-corrected chi connectivity index (χ3v) is 4.73. The summed E-state index contributed by atoms with van der Waals surface area (Å²) in [5.74, 6) is 2.35. The zero-order valence-electron chi connectivity index (χ0n) is 11.8. The minimum absolute atomic E-state index is 0.00765. The molecule has 2 aliphatic carbocycles. The van der Waals surface area contributed by atoms with Gasteiger partial charge in [-0.3, -0.25) is 4.79 Å². The number of fused-ring (bicyclic) bond motifs is 2. The number of carbonyl (C=O) groups is 1. The zero-order chi connectivity index (χ0) is 13.8. The number of hydrazone groups is 1. The van der Waals surface area contributed by atoms with E-state index in [1.807, 2.05) is 36.5 Å². The van der Waals surface area contributed by atoms with E-state index in [-0.39, 0.29) is 5.91 Å². The summed E-state index contributed by atoms with van der Waals surface area (Å²) in [6.07, 6.45) is 8.65. The lowest BCUT2D eigenvalue weighted by atomic mass is 9.90. The van der Waals surface area contributed by atoms with Gasteiger partial charge in [0.2, 0.25) is 5.91 Å². The standard InChI is InChI=1S/C17H22N2O/c20-17(9-7-13-4-2-1-3-5-13)19-18-12-16-11-14-6-8-15(16)10-14/h1-5,12,14-16H,6-11H2,(H,19,20). The molecule has 3 nitrogen and oxygen atoms in total. The highest BCUT2D eigenvalue weighted by Gasteiger charge is 2.38. The minimum atomic E-state index is 0.00765. The molecule has 3 unspecified atom stereocenters. The molecule has 106 valence electrons. The number of rotatable bonds is 5. The average Bonchev–Trinajstić information content (AvgIpc) is 3.09. The highest BCUT2D eigenvalue weighted by atomic mass is 16.2. The largest absolute Gasteiger partial charge is 0.273 e. The van der Waals surface area contributed by atoms with E-state index in [1.165, 1.54) is 31.2 Å². The van der Waals surface area contributed by atoms with Crippen LogP contribution in [0.2, 0.25) is 0 Å². The first kappa shape index (κ1) is 13.3. The number of carbonyl (C=O) groups excluding carboxylic acids is 1. The Balaban J connectivity index is 1.39. The molecule has 2 saturated carbocycles. The van der Waals surface area contributed by atoms with Crippen molar-refractivity contribution in [3.63, 3.8) is 0 Å². The van der Waals surface area contributed by atoms with E-state index in [2.05, 4.69) is 10.5 Å². The van der Waals surface area contributed by atoms with Gasteiger partial charge in [0.05, 0.1) is 0 Å². The molecule has 20 heavy (non-hydrogen) atoms. The van der Waals surface area contributed by atoms with Gasteiger partial charge in [0, 0.05) is 12.6 Å². The second-order valence-corrected chi connectivity index (χ2v) is 6.14. The number of aryl methyl sites for hydroxylation is 1. The molecule has 3 heteroatoms. The fraction of sp³-hybridized carbons (Fsp3) is 0.529. The maximum atomic E-state index is 11.7. The second-order valence-electron chi connectivity index (χ2n) is 6.14. The van der Waals surface area contributed by atoms with Crippen LogP contribution in [0, 0.1) is 17.8 Å². The molecule has 3 atom stereocenters. The highest BCUT2D eigenvalue weighted by molar-refractivity contribution is 5.77. The SMILES string of the molecule is O=C(CCc1ccccc1)NN=CC1CC2CCC1C2. The molecular weight excluding hydrogens is 248 g/mol. The second kappa shape index (κ2) is 6.21. The van der Waals surface area contributed by atoms with Gasteiger partial charge < -0.3 is 0 Å². The van der Waals surface area contributed by atoms with Gasteiger partial charge in [-0.2, -0.15) is 5.10 Å². The van der Waals surface area contributed by atoms with Crippen molar-refractivity contribution < 1.29 is 4.79 Å². The number of benzene rings is 1. The number of nitrogens with zero attached hydrogens (tertiary/aromatic N) is 1. The molecule has 2 bridgehead atoms. The Kier molecular flexibility index (Phi) is 4.14. The summed E-state index contributed by atoms with van der Waals surface area (Å²) >= 11 is 0. The van der Waals surface area contributed by atoms with E-state index in [4.69, 9.17) is 0 Å². The topological polar surface area (TPSA) is 41.5 Å². The molecular formula is C17H22N2O.